The fourth-order valence-electron chi connectivity index (χ4n) is 6.55. The number of halogens is 2. The topological polar surface area (TPSA) is 20.2 Å². The molecule has 8 aromatic carbocycles. The lowest BCUT2D eigenvalue weighted by atomic mass is 9.80. The SMILES string of the molecule is Oc1cc2cccc3c4c(-c5cccc(Br)c5)c(-c5ccccc5)cc(-c5cccc(Br)c5)c4c4cccc1c4c23. The number of phenols is 1. The average Bonchev–Trinajstić information content (AvgIpc) is 3.00. The Balaban J connectivity index is 1.73. The summed E-state index contributed by atoms with van der Waals surface area (Å²) in [6.45, 7) is 0. The molecule has 0 aliphatic carbocycles. The van der Waals surface area contributed by atoms with Gasteiger partial charge in [0.25, 0.3) is 0 Å². The number of rotatable bonds is 3. The van der Waals surface area contributed by atoms with Crippen LogP contribution in [0.5, 0.6) is 5.75 Å². The molecular weight excluding hydrogens is 632 g/mol. The highest BCUT2D eigenvalue weighted by Gasteiger charge is 2.23. The second-order valence-corrected chi connectivity index (χ2v) is 12.3. The van der Waals surface area contributed by atoms with E-state index in [0.717, 1.165) is 47.2 Å². The van der Waals surface area contributed by atoms with Crippen molar-refractivity contribution in [2.75, 3.05) is 0 Å². The molecule has 0 aromatic heterocycles. The highest BCUT2D eigenvalue weighted by Crippen LogP contribution is 2.51. The van der Waals surface area contributed by atoms with Crippen LogP contribution in [0.25, 0.3) is 76.5 Å². The quantitative estimate of drug-likeness (QED) is 0.149. The minimum atomic E-state index is 0.312. The molecule has 194 valence electrons. The Morgan fingerprint density at radius 2 is 1.02 bits per heavy atom. The summed E-state index contributed by atoms with van der Waals surface area (Å²) in [5.74, 6) is 0.312. The van der Waals surface area contributed by atoms with E-state index in [1.54, 1.807) is 0 Å². The Labute approximate surface area is 254 Å². The van der Waals surface area contributed by atoms with Crippen molar-refractivity contribution in [3.63, 3.8) is 0 Å². The van der Waals surface area contributed by atoms with Crippen molar-refractivity contribution in [1.82, 2.24) is 0 Å². The van der Waals surface area contributed by atoms with Crippen LogP contribution in [0, 0.1) is 0 Å². The van der Waals surface area contributed by atoms with Gasteiger partial charge < -0.3 is 5.11 Å². The average molecular weight is 654 g/mol. The normalized spacial score (nSPS) is 11.8. The third-order valence-corrected chi connectivity index (χ3v) is 9.17. The van der Waals surface area contributed by atoms with Gasteiger partial charge in [-0.05, 0) is 102 Å². The van der Waals surface area contributed by atoms with Crippen LogP contribution in [0.2, 0.25) is 0 Å². The molecule has 0 unspecified atom stereocenters. The van der Waals surface area contributed by atoms with Gasteiger partial charge >= 0.3 is 0 Å². The van der Waals surface area contributed by atoms with Crippen molar-refractivity contribution in [3.8, 4) is 39.1 Å². The Bertz CT molecular complexity index is 2290. The van der Waals surface area contributed by atoms with Crippen LogP contribution in [0.3, 0.4) is 0 Å². The van der Waals surface area contributed by atoms with Gasteiger partial charge in [-0.25, -0.2) is 0 Å². The lowest BCUT2D eigenvalue weighted by Crippen LogP contribution is -1.95. The molecule has 0 saturated carbocycles. The van der Waals surface area contributed by atoms with Crippen molar-refractivity contribution in [2.24, 2.45) is 0 Å². The van der Waals surface area contributed by atoms with E-state index in [2.05, 4.69) is 147 Å². The van der Waals surface area contributed by atoms with E-state index >= 15 is 0 Å². The van der Waals surface area contributed by atoms with E-state index in [9.17, 15) is 5.11 Å². The van der Waals surface area contributed by atoms with E-state index in [-0.39, 0.29) is 0 Å². The number of benzene rings is 8. The molecule has 1 nitrogen and oxygen atoms in total. The Morgan fingerprint density at radius 1 is 0.415 bits per heavy atom. The molecule has 1 N–H and O–H groups in total. The third kappa shape index (κ3) is 3.80. The van der Waals surface area contributed by atoms with Gasteiger partial charge in [0.1, 0.15) is 5.75 Å². The highest BCUT2D eigenvalue weighted by atomic mass is 79.9. The van der Waals surface area contributed by atoms with Crippen LogP contribution in [0.15, 0.2) is 136 Å². The fraction of sp³-hybridized carbons (Fsp3) is 0. The molecule has 0 bridgehead atoms. The molecule has 0 aliphatic rings. The van der Waals surface area contributed by atoms with Gasteiger partial charge in [-0.2, -0.15) is 0 Å². The van der Waals surface area contributed by atoms with E-state index in [1.807, 2.05) is 12.1 Å². The first-order chi connectivity index (χ1) is 20.1. The molecule has 0 saturated heterocycles. The monoisotopic (exact) mass is 652 g/mol. The molecule has 3 heteroatoms. The maximum Gasteiger partial charge on any atom is 0.124 e. The molecule has 41 heavy (non-hydrogen) atoms. The Kier molecular flexibility index (Phi) is 5.67. The summed E-state index contributed by atoms with van der Waals surface area (Å²) in [4.78, 5) is 0. The van der Waals surface area contributed by atoms with Gasteiger partial charge in [0.15, 0.2) is 0 Å². The second kappa shape index (κ2) is 9.44. The van der Waals surface area contributed by atoms with E-state index in [1.165, 1.54) is 38.2 Å². The van der Waals surface area contributed by atoms with E-state index in [0.29, 0.717) is 5.75 Å². The lowest BCUT2D eigenvalue weighted by molar-refractivity contribution is 0.482. The summed E-state index contributed by atoms with van der Waals surface area (Å²) in [5.41, 5.74) is 7.02. The summed E-state index contributed by atoms with van der Waals surface area (Å²) in [5, 5.41) is 20.1. The number of phenolic OH excluding ortho intramolecular Hbond substituents is 1. The number of hydrogen-bond donors (Lipinski definition) is 1. The molecule has 8 rings (SSSR count). The van der Waals surface area contributed by atoms with Crippen LogP contribution in [-0.4, -0.2) is 5.11 Å². The standard InChI is InChI=1S/C38H22Br2O/c39-26-13-4-10-23(18-26)32-21-31(22-8-2-1-3-9-22)35(24-11-5-14-27(40)19-24)38-29-16-6-12-25-20-33(41)28-15-7-17-30(37(32)38)36(28)34(25)29/h1-21,41H. The number of fused-ring (bicyclic) bond motifs is 3. The first-order valence-electron chi connectivity index (χ1n) is 13.5. The minimum absolute atomic E-state index is 0.312. The summed E-state index contributed by atoms with van der Waals surface area (Å²) in [6.07, 6.45) is 0. The van der Waals surface area contributed by atoms with Crippen molar-refractivity contribution in [3.05, 3.63) is 136 Å². The summed E-state index contributed by atoms with van der Waals surface area (Å²) < 4.78 is 2.08. The van der Waals surface area contributed by atoms with E-state index in [4.69, 9.17) is 0 Å². The summed E-state index contributed by atoms with van der Waals surface area (Å²) in [7, 11) is 0. The molecule has 0 heterocycles. The van der Waals surface area contributed by atoms with Crippen molar-refractivity contribution < 1.29 is 5.11 Å². The molecule has 0 amide bonds. The Morgan fingerprint density at radius 3 is 1.78 bits per heavy atom. The zero-order valence-corrected chi connectivity index (χ0v) is 25.0. The van der Waals surface area contributed by atoms with Crippen molar-refractivity contribution in [1.29, 1.82) is 0 Å². The predicted octanol–water partition coefficient (Wildman–Crippen LogP) is 12.0. The lowest BCUT2D eigenvalue weighted by Gasteiger charge is -2.23. The number of aromatic hydroxyl groups is 1. The van der Waals surface area contributed by atoms with Crippen LogP contribution in [-0.2, 0) is 0 Å². The zero-order valence-electron chi connectivity index (χ0n) is 21.8. The molecule has 8 aromatic rings. The molecule has 0 radical (unpaired) electrons. The summed E-state index contributed by atoms with van der Waals surface area (Å²) >= 11 is 7.48. The predicted molar refractivity (Wildman–Crippen MR) is 181 cm³/mol. The van der Waals surface area contributed by atoms with Gasteiger partial charge in [0.2, 0.25) is 0 Å². The first-order valence-corrected chi connectivity index (χ1v) is 15.1. The molecular formula is C38H22Br2O. The molecule has 0 fully saturated rings. The highest BCUT2D eigenvalue weighted by molar-refractivity contribution is 9.10. The maximum absolute atomic E-state index is 11.1. The molecule has 0 spiro atoms. The first kappa shape index (κ1) is 24.6. The van der Waals surface area contributed by atoms with Crippen molar-refractivity contribution >= 4 is 74.9 Å². The van der Waals surface area contributed by atoms with Gasteiger partial charge in [0.05, 0.1) is 0 Å². The van der Waals surface area contributed by atoms with Crippen LogP contribution < -0.4 is 0 Å². The van der Waals surface area contributed by atoms with Gasteiger partial charge in [-0.3, -0.25) is 0 Å². The third-order valence-electron chi connectivity index (χ3n) is 8.18. The second-order valence-electron chi connectivity index (χ2n) is 10.5. The fourth-order valence-corrected chi connectivity index (χ4v) is 7.35. The molecule has 0 aliphatic heterocycles. The Hall–Kier alpha value is -4.18. The number of hydrogen-bond acceptors (Lipinski definition) is 1. The van der Waals surface area contributed by atoms with E-state index < -0.39 is 0 Å². The van der Waals surface area contributed by atoms with Crippen LogP contribution in [0.1, 0.15) is 0 Å². The molecule has 0 atom stereocenters. The van der Waals surface area contributed by atoms with Gasteiger partial charge in [0, 0.05) is 19.7 Å². The largest absolute Gasteiger partial charge is 0.507 e. The minimum Gasteiger partial charge on any atom is -0.507 e. The van der Waals surface area contributed by atoms with Gasteiger partial charge in [-0.1, -0.05) is 123 Å². The van der Waals surface area contributed by atoms with Crippen LogP contribution >= 0.6 is 31.9 Å². The van der Waals surface area contributed by atoms with Crippen LogP contribution in [0.4, 0.5) is 0 Å². The zero-order chi connectivity index (χ0) is 27.7. The maximum atomic E-state index is 11.1. The smallest absolute Gasteiger partial charge is 0.124 e. The van der Waals surface area contributed by atoms with Gasteiger partial charge in [-0.15, -0.1) is 0 Å². The summed E-state index contributed by atoms with van der Waals surface area (Å²) in [6, 6.07) is 44.9. The van der Waals surface area contributed by atoms with Crippen molar-refractivity contribution in [2.45, 2.75) is 0 Å².